The topological polar surface area (TPSA) is 87.2 Å². The van der Waals surface area contributed by atoms with E-state index in [9.17, 15) is 19.2 Å². The second-order valence-electron chi connectivity index (χ2n) is 6.00. The lowest BCUT2D eigenvalue weighted by Gasteiger charge is -2.35. The summed E-state index contributed by atoms with van der Waals surface area (Å²) in [6.45, 7) is 7.38. The molecule has 0 N–H and O–H groups in total. The number of morpholine rings is 1. The van der Waals surface area contributed by atoms with E-state index in [0.29, 0.717) is 13.1 Å². The molecular formula is C14H21N3O5. The molecule has 2 heterocycles. The third-order valence-electron chi connectivity index (χ3n) is 3.67. The fourth-order valence-corrected chi connectivity index (χ4v) is 2.73. The predicted octanol–water partition coefficient (Wildman–Crippen LogP) is -0.179. The summed E-state index contributed by atoms with van der Waals surface area (Å²) in [5.41, 5.74) is 0. The fraction of sp³-hybridized carbons (Fsp3) is 0.714. The van der Waals surface area contributed by atoms with Gasteiger partial charge in [-0.3, -0.25) is 19.3 Å². The molecule has 2 aliphatic rings. The molecule has 2 atom stereocenters. The molecule has 122 valence electrons. The van der Waals surface area contributed by atoms with E-state index in [1.54, 1.807) is 18.7 Å². The summed E-state index contributed by atoms with van der Waals surface area (Å²) in [6.07, 6.45) is -0.210. The third kappa shape index (κ3) is 2.96. The highest BCUT2D eigenvalue weighted by molar-refractivity contribution is 6.45. The average molecular weight is 311 g/mol. The molecule has 0 saturated carbocycles. The van der Waals surface area contributed by atoms with Crippen molar-refractivity contribution in [1.29, 1.82) is 0 Å². The molecular weight excluding hydrogens is 290 g/mol. The molecule has 2 saturated heterocycles. The zero-order valence-electron chi connectivity index (χ0n) is 13.2. The van der Waals surface area contributed by atoms with E-state index in [2.05, 4.69) is 0 Å². The summed E-state index contributed by atoms with van der Waals surface area (Å²) in [5, 5.41) is 0. The van der Waals surface area contributed by atoms with Gasteiger partial charge in [-0.2, -0.15) is 0 Å². The minimum Gasteiger partial charge on any atom is -0.372 e. The number of amides is 5. The van der Waals surface area contributed by atoms with Gasteiger partial charge in [-0.05, 0) is 27.7 Å². The van der Waals surface area contributed by atoms with E-state index in [1.165, 1.54) is 0 Å². The van der Waals surface area contributed by atoms with Gasteiger partial charge in [0.25, 0.3) is 0 Å². The standard InChI is InChI=1S/C14H21N3O5/c1-8(2)17-13(20)12(19)16(14(17)21)7-11(18)15-5-9(3)22-10(4)6-15/h8-10H,5-7H2,1-4H3/t9-,10-/m1/s1. The lowest BCUT2D eigenvalue weighted by molar-refractivity contribution is -0.148. The van der Waals surface area contributed by atoms with E-state index in [1.807, 2.05) is 13.8 Å². The zero-order chi connectivity index (χ0) is 16.6. The summed E-state index contributed by atoms with van der Waals surface area (Å²) in [5.74, 6) is -2.18. The fourth-order valence-electron chi connectivity index (χ4n) is 2.73. The van der Waals surface area contributed by atoms with Gasteiger partial charge >= 0.3 is 17.8 Å². The lowest BCUT2D eigenvalue weighted by atomic mass is 10.2. The molecule has 0 unspecified atom stereocenters. The number of rotatable bonds is 3. The SMILES string of the molecule is CC(C)N1C(=O)C(=O)N(CC(=O)N2C[C@@H](C)O[C@H](C)C2)C1=O. The highest BCUT2D eigenvalue weighted by Crippen LogP contribution is 2.17. The molecule has 0 bridgehead atoms. The Bertz CT molecular complexity index is 509. The minimum absolute atomic E-state index is 0.105. The van der Waals surface area contributed by atoms with Crippen molar-refractivity contribution in [2.45, 2.75) is 45.9 Å². The van der Waals surface area contributed by atoms with Crippen molar-refractivity contribution in [2.24, 2.45) is 0 Å². The maximum Gasteiger partial charge on any atom is 0.334 e. The van der Waals surface area contributed by atoms with Crippen molar-refractivity contribution < 1.29 is 23.9 Å². The number of carbonyl (C=O) groups is 4. The Kier molecular flexibility index (Phi) is 4.50. The highest BCUT2D eigenvalue weighted by atomic mass is 16.5. The molecule has 5 amide bonds. The van der Waals surface area contributed by atoms with Crippen molar-refractivity contribution in [3.63, 3.8) is 0 Å². The van der Waals surface area contributed by atoms with Gasteiger partial charge in [0, 0.05) is 19.1 Å². The normalized spacial score (nSPS) is 26.4. The Hall–Kier alpha value is -1.96. The molecule has 0 aromatic rings. The second-order valence-corrected chi connectivity index (χ2v) is 6.00. The summed E-state index contributed by atoms with van der Waals surface area (Å²) in [7, 11) is 0. The number of hydrogen-bond acceptors (Lipinski definition) is 5. The molecule has 2 aliphatic heterocycles. The van der Waals surface area contributed by atoms with E-state index in [-0.39, 0.29) is 18.1 Å². The lowest BCUT2D eigenvalue weighted by Crippen LogP contribution is -2.52. The van der Waals surface area contributed by atoms with Crippen LogP contribution >= 0.6 is 0 Å². The van der Waals surface area contributed by atoms with Crippen LogP contribution in [0.4, 0.5) is 4.79 Å². The van der Waals surface area contributed by atoms with Gasteiger partial charge in [-0.15, -0.1) is 0 Å². The molecule has 8 heteroatoms. The van der Waals surface area contributed by atoms with E-state index >= 15 is 0 Å². The number of carbonyl (C=O) groups excluding carboxylic acids is 4. The molecule has 2 rings (SSSR count). The van der Waals surface area contributed by atoms with Gasteiger partial charge in [-0.25, -0.2) is 9.69 Å². The monoisotopic (exact) mass is 311 g/mol. The van der Waals surface area contributed by atoms with Crippen LogP contribution in [-0.2, 0) is 19.1 Å². The van der Waals surface area contributed by atoms with Gasteiger partial charge < -0.3 is 9.64 Å². The quantitative estimate of drug-likeness (QED) is 0.533. The van der Waals surface area contributed by atoms with Crippen LogP contribution in [0, 0.1) is 0 Å². The first-order valence-corrected chi connectivity index (χ1v) is 7.34. The Labute approximate surface area is 129 Å². The number of imide groups is 2. The third-order valence-corrected chi connectivity index (χ3v) is 3.67. The minimum atomic E-state index is -0.943. The number of urea groups is 1. The van der Waals surface area contributed by atoms with E-state index < -0.39 is 30.4 Å². The molecule has 8 nitrogen and oxygen atoms in total. The van der Waals surface area contributed by atoms with Crippen molar-refractivity contribution >= 4 is 23.8 Å². The van der Waals surface area contributed by atoms with Crippen LogP contribution in [0.3, 0.4) is 0 Å². The summed E-state index contributed by atoms with van der Waals surface area (Å²) >= 11 is 0. The molecule has 0 aromatic heterocycles. The second kappa shape index (κ2) is 6.04. The number of hydrogen-bond donors (Lipinski definition) is 0. The first-order valence-electron chi connectivity index (χ1n) is 7.34. The van der Waals surface area contributed by atoms with Crippen molar-refractivity contribution in [1.82, 2.24) is 14.7 Å². The average Bonchev–Trinajstić information content (AvgIpc) is 2.61. The van der Waals surface area contributed by atoms with Crippen LogP contribution in [0.1, 0.15) is 27.7 Å². The van der Waals surface area contributed by atoms with Crippen LogP contribution in [-0.4, -0.2) is 76.3 Å². The van der Waals surface area contributed by atoms with Crippen LogP contribution in [0.2, 0.25) is 0 Å². The Balaban J connectivity index is 2.07. The van der Waals surface area contributed by atoms with Gasteiger partial charge in [0.2, 0.25) is 5.91 Å². The summed E-state index contributed by atoms with van der Waals surface area (Å²) in [4.78, 5) is 51.3. The molecule has 2 fully saturated rings. The maximum atomic E-state index is 12.3. The van der Waals surface area contributed by atoms with E-state index in [0.717, 1.165) is 9.80 Å². The van der Waals surface area contributed by atoms with Crippen LogP contribution in [0.5, 0.6) is 0 Å². The Morgan fingerprint density at radius 3 is 2.14 bits per heavy atom. The van der Waals surface area contributed by atoms with Crippen LogP contribution in [0.15, 0.2) is 0 Å². The predicted molar refractivity (Wildman–Crippen MR) is 75.7 cm³/mol. The molecule has 22 heavy (non-hydrogen) atoms. The smallest absolute Gasteiger partial charge is 0.334 e. The van der Waals surface area contributed by atoms with Crippen molar-refractivity contribution in [3.8, 4) is 0 Å². The zero-order valence-corrected chi connectivity index (χ0v) is 13.2. The highest BCUT2D eigenvalue weighted by Gasteiger charge is 2.46. The first-order chi connectivity index (χ1) is 10.2. The number of nitrogens with zero attached hydrogens (tertiary/aromatic N) is 3. The largest absolute Gasteiger partial charge is 0.372 e. The van der Waals surface area contributed by atoms with Gasteiger partial charge in [-0.1, -0.05) is 0 Å². The van der Waals surface area contributed by atoms with Crippen molar-refractivity contribution in [3.05, 3.63) is 0 Å². The first kappa shape index (κ1) is 16.4. The van der Waals surface area contributed by atoms with Gasteiger partial charge in [0.05, 0.1) is 12.2 Å². The maximum absolute atomic E-state index is 12.3. The van der Waals surface area contributed by atoms with Crippen LogP contribution < -0.4 is 0 Å². The summed E-state index contributed by atoms with van der Waals surface area (Å²) in [6, 6.07) is -1.15. The molecule has 0 aromatic carbocycles. The van der Waals surface area contributed by atoms with Crippen molar-refractivity contribution in [2.75, 3.05) is 19.6 Å². The molecule has 0 aliphatic carbocycles. The van der Waals surface area contributed by atoms with Gasteiger partial charge in [0.15, 0.2) is 0 Å². The Morgan fingerprint density at radius 1 is 1.14 bits per heavy atom. The number of ether oxygens (including phenoxy) is 1. The summed E-state index contributed by atoms with van der Waals surface area (Å²) < 4.78 is 5.54. The van der Waals surface area contributed by atoms with Crippen LogP contribution in [0.25, 0.3) is 0 Å². The van der Waals surface area contributed by atoms with Gasteiger partial charge in [0.1, 0.15) is 6.54 Å². The van der Waals surface area contributed by atoms with E-state index in [4.69, 9.17) is 4.74 Å². The molecule has 0 radical (unpaired) electrons. The Morgan fingerprint density at radius 2 is 1.68 bits per heavy atom. The molecule has 0 spiro atoms.